The van der Waals surface area contributed by atoms with Gasteiger partial charge in [0.25, 0.3) is 0 Å². The average molecular weight is 249 g/mol. The SMILES string of the molecule is Cc1ccnc(NC2CCC(C)C2)c1C(N)=S. The number of aromatic nitrogens is 1. The fraction of sp³-hybridized carbons (Fsp3) is 0.538. The number of nitrogens with zero attached hydrogens (tertiary/aromatic N) is 1. The van der Waals surface area contributed by atoms with Crippen molar-refractivity contribution in [3.63, 3.8) is 0 Å². The molecule has 0 bridgehead atoms. The Morgan fingerprint density at radius 2 is 2.29 bits per heavy atom. The van der Waals surface area contributed by atoms with Crippen LogP contribution in [0.25, 0.3) is 0 Å². The molecule has 1 aliphatic carbocycles. The summed E-state index contributed by atoms with van der Waals surface area (Å²) in [6.07, 6.45) is 5.49. The van der Waals surface area contributed by atoms with Gasteiger partial charge in [0.05, 0.1) is 5.56 Å². The zero-order valence-electron chi connectivity index (χ0n) is 10.4. The minimum Gasteiger partial charge on any atom is -0.389 e. The maximum absolute atomic E-state index is 5.77. The fourth-order valence-electron chi connectivity index (χ4n) is 2.51. The van der Waals surface area contributed by atoms with Crippen molar-refractivity contribution in [2.45, 2.75) is 39.2 Å². The summed E-state index contributed by atoms with van der Waals surface area (Å²) in [5.41, 5.74) is 7.74. The Labute approximate surface area is 108 Å². The van der Waals surface area contributed by atoms with E-state index in [4.69, 9.17) is 18.0 Å². The molecule has 0 radical (unpaired) electrons. The molecule has 4 heteroatoms. The van der Waals surface area contributed by atoms with Gasteiger partial charge in [0.2, 0.25) is 0 Å². The molecule has 1 fully saturated rings. The van der Waals surface area contributed by atoms with Gasteiger partial charge in [-0.05, 0) is 43.7 Å². The van der Waals surface area contributed by atoms with E-state index in [1.807, 2.05) is 13.0 Å². The zero-order chi connectivity index (χ0) is 12.4. The van der Waals surface area contributed by atoms with Gasteiger partial charge < -0.3 is 11.1 Å². The highest BCUT2D eigenvalue weighted by Crippen LogP contribution is 2.28. The number of rotatable bonds is 3. The molecule has 2 unspecified atom stereocenters. The number of anilines is 1. The molecule has 1 aliphatic rings. The number of nitrogens with one attached hydrogen (secondary N) is 1. The highest BCUT2D eigenvalue weighted by Gasteiger charge is 2.22. The van der Waals surface area contributed by atoms with Crippen molar-refractivity contribution in [3.8, 4) is 0 Å². The molecule has 3 N–H and O–H groups in total. The third-order valence-electron chi connectivity index (χ3n) is 3.44. The highest BCUT2D eigenvalue weighted by molar-refractivity contribution is 7.80. The summed E-state index contributed by atoms with van der Waals surface area (Å²) in [6, 6.07) is 2.45. The molecule has 0 aromatic carbocycles. The molecule has 2 rings (SSSR count). The van der Waals surface area contributed by atoms with Crippen molar-refractivity contribution in [1.82, 2.24) is 4.98 Å². The van der Waals surface area contributed by atoms with E-state index < -0.39 is 0 Å². The molecule has 0 amide bonds. The predicted molar refractivity (Wildman–Crippen MR) is 75.3 cm³/mol. The summed E-state index contributed by atoms with van der Waals surface area (Å²) in [6.45, 7) is 4.30. The quantitative estimate of drug-likeness (QED) is 0.809. The fourth-order valence-corrected chi connectivity index (χ4v) is 2.77. The Kier molecular flexibility index (Phi) is 3.62. The van der Waals surface area contributed by atoms with E-state index in [9.17, 15) is 0 Å². The zero-order valence-corrected chi connectivity index (χ0v) is 11.2. The first-order chi connectivity index (χ1) is 8.08. The minimum absolute atomic E-state index is 0.421. The van der Waals surface area contributed by atoms with Crippen molar-refractivity contribution in [1.29, 1.82) is 0 Å². The molecule has 1 saturated carbocycles. The summed E-state index contributed by atoms with van der Waals surface area (Å²) in [7, 11) is 0. The van der Waals surface area contributed by atoms with Crippen LogP contribution >= 0.6 is 12.2 Å². The van der Waals surface area contributed by atoms with E-state index in [-0.39, 0.29) is 0 Å². The van der Waals surface area contributed by atoms with E-state index in [2.05, 4.69) is 17.2 Å². The van der Waals surface area contributed by atoms with E-state index in [0.717, 1.165) is 22.9 Å². The lowest BCUT2D eigenvalue weighted by Gasteiger charge is -2.17. The van der Waals surface area contributed by atoms with Gasteiger partial charge in [-0.3, -0.25) is 0 Å². The van der Waals surface area contributed by atoms with Gasteiger partial charge in [0.15, 0.2) is 0 Å². The van der Waals surface area contributed by atoms with Crippen LogP contribution in [0.3, 0.4) is 0 Å². The molecule has 92 valence electrons. The molecule has 0 saturated heterocycles. The largest absolute Gasteiger partial charge is 0.389 e. The first-order valence-corrected chi connectivity index (χ1v) is 6.50. The van der Waals surface area contributed by atoms with E-state index in [1.54, 1.807) is 6.20 Å². The summed E-state index contributed by atoms with van der Waals surface area (Å²) >= 11 is 5.10. The number of hydrogen-bond acceptors (Lipinski definition) is 3. The second kappa shape index (κ2) is 5.00. The molecule has 2 atom stereocenters. The maximum Gasteiger partial charge on any atom is 0.136 e. The van der Waals surface area contributed by atoms with Gasteiger partial charge in [-0.15, -0.1) is 0 Å². The van der Waals surface area contributed by atoms with Gasteiger partial charge in [0, 0.05) is 12.2 Å². The van der Waals surface area contributed by atoms with E-state index in [1.165, 1.54) is 19.3 Å². The lowest BCUT2D eigenvalue weighted by atomic mass is 10.1. The molecule has 1 heterocycles. The van der Waals surface area contributed by atoms with Crippen LogP contribution < -0.4 is 11.1 Å². The third kappa shape index (κ3) is 2.75. The number of aryl methyl sites for hydroxylation is 1. The van der Waals surface area contributed by atoms with Crippen molar-refractivity contribution >= 4 is 23.0 Å². The monoisotopic (exact) mass is 249 g/mol. The molecular formula is C13H19N3S. The van der Waals surface area contributed by atoms with Crippen LogP contribution in [0, 0.1) is 12.8 Å². The predicted octanol–water partition coefficient (Wildman–Crippen LogP) is 2.62. The third-order valence-corrected chi connectivity index (χ3v) is 3.65. The van der Waals surface area contributed by atoms with Gasteiger partial charge in [-0.1, -0.05) is 19.1 Å². The lowest BCUT2D eigenvalue weighted by molar-refractivity contribution is 0.602. The van der Waals surface area contributed by atoms with Crippen LogP contribution in [0.4, 0.5) is 5.82 Å². The molecule has 17 heavy (non-hydrogen) atoms. The van der Waals surface area contributed by atoms with E-state index >= 15 is 0 Å². The first kappa shape index (κ1) is 12.3. The number of hydrogen-bond donors (Lipinski definition) is 2. The Hall–Kier alpha value is -1.16. The highest BCUT2D eigenvalue weighted by atomic mass is 32.1. The Morgan fingerprint density at radius 1 is 1.53 bits per heavy atom. The van der Waals surface area contributed by atoms with Gasteiger partial charge in [-0.25, -0.2) is 4.98 Å². The van der Waals surface area contributed by atoms with Crippen LogP contribution in [0.2, 0.25) is 0 Å². The Morgan fingerprint density at radius 3 is 2.88 bits per heavy atom. The van der Waals surface area contributed by atoms with Crippen LogP contribution in [-0.2, 0) is 0 Å². The van der Waals surface area contributed by atoms with Crippen LogP contribution in [-0.4, -0.2) is 16.0 Å². The number of thiocarbonyl (C=S) groups is 1. The minimum atomic E-state index is 0.421. The van der Waals surface area contributed by atoms with Gasteiger partial charge in [-0.2, -0.15) is 0 Å². The average Bonchev–Trinajstić information content (AvgIpc) is 2.63. The van der Waals surface area contributed by atoms with Gasteiger partial charge in [0.1, 0.15) is 10.8 Å². The second-order valence-corrected chi connectivity index (χ2v) is 5.42. The molecule has 3 nitrogen and oxygen atoms in total. The first-order valence-electron chi connectivity index (χ1n) is 6.10. The smallest absolute Gasteiger partial charge is 0.136 e. The molecule has 1 aromatic heterocycles. The molecule has 0 aliphatic heterocycles. The normalized spacial score (nSPS) is 23.6. The van der Waals surface area contributed by atoms with Crippen molar-refractivity contribution in [2.24, 2.45) is 11.7 Å². The summed E-state index contributed by atoms with van der Waals surface area (Å²) < 4.78 is 0. The van der Waals surface area contributed by atoms with Crippen LogP contribution in [0.15, 0.2) is 12.3 Å². The maximum atomic E-state index is 5.77. The Bertz CT molecular complexity index is 431. The van der Waals surface area contributed by atoms with Gasteiger partial charge >= 0.3 is 0 Å². The van der Waals surface area contributed by atoms with Crippen molar-refractivity contribution < 1.29 is 0 Å². The van der Waals surface area contributed by atoms with Crippen LogP contribution in [0.1, 0.15) is 37.3 Å². The standard InChI is InChI=1S/C13H19N3S/c1-8-3-4-10(7-8)16-13-11(12(14)17)9(2)5-6-15-13/h5-6,8,10H,3-4,7H2,1-2H3,(H2,14,17)(H,15,16). The molecule has 0 spiro atoms. The van der Waals surface area contributed by atoms with Crippen molar-refractivity contribution in [3.05, 3.63) is 23.4 Å². The second-order valence-electron chi connectivity index (χ2n) is 4.98. The summed E-state index contributed by atoms with van der Waals surface area (Å²) in [5.74, 6) is 1.64. The summed E-state index contributed by atoms with van der Waals surface area (Å²) in [5, 5.41) is 3.48. The number of nitrogens with two attached hydrogens (primary N) is 1. The summed E-state index contributed by atoms with van der Waals surface area (Å²) in [4.78, 5) is 4.79. The molecular weight excluding hydrogens is 230 g/mol. The van der Waals surface area contributed by atoms with Crippen molar-refractivity contribution in [2.75, 3.05) is 5.32 Å². The molecule has 1 aromatic rings. The van der Waals surface area contributed by atoms with Crippen LogP contribution in [0.5, 0.6) is 0 Å². The number of pyridine rings is 1. The topological polar surface area (TPSA) is 50.9 Å². The Balaban J connectivity index is 2.20. The lowest BCUT2D eigenvalue weighted by Crippen LogP contribution is -2.21. The van der Waals surface area contributed by atoms with E-state index in [0.29, 0.717) is 11.0 Å².